The fourth-order valence-corrected chi connectivity index (χ4v) is 1.67. The fraction of sp³-hybridized carbons (Fsp3) is 0.867. The van der Waals surface area contributed by atoms with Gasteiger partial charge in [0.1, 0.15) is 0 Å². The van der Waals surface area contributed by atoms with E-state index < -0.39 is 17.4 Å². The van der Waals surface area contributed by atoms with Crippen molar-refractivity contribution in [2.45, 2.75) is 79.4 Å². The minimum absolute atomic E-state index is 0.169. The van der Waals surface area contributed by atoms with Crippen LogP contribution in [0, 0.1) is 5.41 Å². The van der Waals surface area contributed by atoms with Crippen LogP contribution in [-0.4, -0.2) is 24.1 Å². The zero-order valence-electron chi connectivity index (χ0n) is 13.1. The first-order valence-corrected chi connectivity index (χ1v) is 7.17. The lowest BCUT2D eigenvalue weighted by Crippen LogP contribution is -2.39. The minimum atomic E-state index is -1.25. The highest BCUT2D eigenvalue weighted by Gasteiger charge is 2.40. The van der Waals surface area contributed by atoms with Crippen molar-refractivity contribution in [2.24, 2.45) is 5.41 Å². The highest BCUT2D eigenvalue weighted by molar-refractivity contribution is 5.99. The first-order chi connectivity index (χ1) is 8.75. The number of rotatable bonds is 8. The molecule has 0 saturated carbocycles. The van der Waals surface area contributed by atoms with Gasteiger partial charge in [0, 0.05) is 0 Å². The van der Waals surface area contributed by atoms with Gasteiger partial charge < -0.3 is 9.47 Å². The number of carbonyl (C=O) groups is 2. The minimum Gasteiger partial charge on any atom is -0.462 e. The molecule has 0 N–H and O–H groups in total. The molecule has 0 aromatic carbocycles. The number of esters is 2. The summed E-state index contributed by atoms with van der Waals surface area (Å²) in [4.78, 5) is 24.0. The lowest BCUT2D eigenvalue weighted by Gasteiger charge is -2.25. The number of hydrogen-bond acceptors (Lipinski definition) is 4. The van der Waals surface area contributed by atoms with Gasteiger partial charge in [0.05, 0.1) is 12.2 Å². The normalized spacial score (nSPS) is 14.6. The van der Waals surface area contributed by atoms with E-state index in [1.165, 1.54) is 0 Å². The maximum atomic E-state index is 12.0. The molecule has 2 unspecified atom stereocenters. The van der Waals surface area contributed by atoms with Crippen molar-refractivity contribution in [3.8, 4) is 0 Å². The maximum Gasteiger partial charge on any atom is 0.323 e. The highest BCUT2D eigenvalue weighted by atomic mass is 16.6. The standard InChI is InChI=1S/C15H28O4/c1-7-9-11(3)18-13(16)15(5,6)14(17)19-12(4)10-8-2/h11-12H,7-10H2,1-6H3. The van der Waals surface area contributed by atoms with Crippen LogP contribution in [0.5, 0.6) is 0 Å². The van der Waals surface area contributed by atoms with Crippen molar-refractivity contribution in [3.63, 3.8) is 0 Å². The summed E-state index contributed by atoms with van der Waals surface area (Å²) >= 11 is 0. The molecule has 0 aromatic heterocycles. The highest BCUT2D eigenvalue weighted by Crippen LogP contribution is 2.22. The predicted octanol–water partition coefficient (Wildman–Crippen LogP) is 3.48. The van der Waals surface area contributed by atoms with E-state index in [0.717, 1.165) is 25.7 Å². The molecule has 0 aliphatic carbocycles. The molecule has 2 atom stereocenters. The number of hydrogen-bond donors (Lipinski definition) is 0. The molecule has 0 heterocycles. The van der Waals surface area contributed by atoms with Crippen molar-refractivity contribution in [1.82, 2.24) is 0 Å². The Morgan fingerprint density at radius 1 is 0.895 bits per heavy atom. The monoisotopic (exact) mass is 272 g/mol. The molecule has 0 radical (unpaired) electrons. The molecule has 112 valence electrons. The first-order valence-electron chi connectivity index (χ1n) is 7.17. The molecule has 19 heavy (non-hydrogen) atoms. The Kier molecular flexibility index (Phi) is 7.72. The van der Waals surface area contributed by atoms with Gasteiger partial charge in [-0.2, -0.15) is 0 Å². The lowest BCUT2D eigenvalue weighted by molar-refractivity contribution is -0.175. The van der Waals surface area contributed by atoms with Crippen LogP contribution >= 0.6 is 0 Å². The molecule has 0 aliphatic heterocycles. The first kappa shape index (κ1) is 17.9. The van der Waals surface area contributed by atoms with Crippen LogP contribution in [0.1, 0.15) is 67.2 Å². The van der Waals surface area contributed by atoms with Crippen LogP contribution in [0.3, 0.4) is 0 Å². The smallest absolute Gasteiger partial charge is 0.323 e. The topological polar surface area (TPSA) is 52.6 Å². The Labute approximate surface area is 116 Å². The average Bonchev–Trinajstić information content (AvgIpc) is 2.29. The van der Waals surface area contributed by atoms with Crippen LogP contribution in [-0.2, 0) is 19.1 Å². The quantitative estimate of drug-likeness (QED) is 0.501. The third-order valence-corrected chi connectivity index (χ3v) is 3.03. The zero-order chi connectivity index (χ0) is 15.1. The SMILES string of the molecule is CCCC(C)OC(=O)C(C)(C)C(=O)OC(C)CCC. The van der Waals surface area contributed by atoms with Gasteiger partial charge in [-0.25, -0.2) is 0 Å². The lowest BCUT2D eigenvalue weighted by atomic mass is 9.93. The third kappa shape index (κ3) is 6.08. The second kappa shape index (κ2) is 8.18. The van der Waals surface area contributed by atoms with Gasteiger partial charge in [0.2, 0.25) is 0 Å². The molecular formula is C15H28O4. The molecule has 0 aliphatic rings. The Morgan fingerprint density at radius 3 is 1.47 bits per heavy atom. The van der Waals surface area contributed by atoms with Gasteiger partial charge in [-0.05, 0) is 40.5 Å². The Hall–Kier alpha value is -1.06. The van der Waals surface area contributed by atoms with Crippen LogP contribution in [0.25, 0.3) is 0 Å². The molecule has 0 rings (SSSR count). The van der Waals surface area contributed by atoms with Crippen LogP contribution in [0.4, 0.5) is 0 Å². The van der Waals surface area contributed by atoms with Gasteiger partial charge in [-0.1, -0.05) is 26.7 Å². The van der Waals surface area contributed by atoms with Crippen LogP contribution in [0.2, 0.25) is 0 Å². The molecule has 0 amide bonds. The Balaban J connectivity index is 4.49. The summed E-state index contributed by atoms with van der Waals surface area (Å²) in [6.45, 7) is 10.8. The summed E-state index contributed by atoms with van der Waals surface area (Å²) in [5, 5.41) is 0. The second-order valence-electron chi connectivity index (χ2n) is 5.63. The summed E-state index contributed by atoms with van der Waals surface area (Å²) in [6, 6.07) is 0. The van der Waals surface area contributed by atoms with Crippen molar-refractivity contribution in [3.05, 3.63) is 0 Å². The third-order valence-electron chi connectivity index (χ3n) is 3.03. The van der Waals surface area contributed by atoms with Crippen LogP contribution < -0.4 is 0 Å². The number of ether oxygens (including phenoxy) is 2. The van der Waals surface area contributed by atoms with Gasteiger partial charge in [-0.3, -0.25) is 9.59 Å². The van der Waals surface area contributed by atoms with E-state index in [1.807, 2.05) is 27.7 Å². The van der Waals surface area contributed by atoms with Crippen molar-refractivity contribution < 1.29 is 19.1 Å². The predicted molar refractivity (Wildman–Crippen MR) is 74.7 cm³/mol. The molecular weight excluding hydrogens is 244 g/mol. The molecule has 0 aromatic rings. The van der Waals surface area contributed by atoms with E-state index in [-0.39, 0.29) is 12.2 Å². The average molecular weight is 272 g/mol. The van der Waals surface area contributed by atoms with Crippen molar-refractivity contribution in [1.29, 1.82) is 0 Å². The molecule has 4 heteroatoms. The van der Waals surface area contributed by atoms with Gasteiger partial charge >= 0.3 is 11.9 Å². The summed E-state index contributed by atoms with van der Waals surface area (Å²) in [5.41, 5.74) is -1.25. The summed E-state index contributed by atoms with van der Waals surface area (Å²) in [6.07, 6.45) is 3.13. The van der Waals surface area contributed by atoms with E-state index in [4.69, 9.17) is 9.47 Å². The molecule has 0 saturated heterocycles. The summed E-state index contributed by atoms with van der Waals surface area (Å²) in [7, 11) is 0. The molecule has 4 nitrogen and oxygen atoms in total. The molecule has 0 spiro atoms. The van der Waals surface area contributed by atoms with Crippen molar-refractivity contribution >= 4 is 11.9 Å². The molecule has 0 bridgehead atoms. The van der Waals surface area contributed by atoms with Crippen LogP contribution in [0.15, 0.2) is 0 Å². The second-order valence-corrected chi connectivity index (χ2v) is 5.63. The zero-order valence-corrected chi connectivity index (χ0v) is 13.1. The van der Waals surface area contributed by atoms with E-state index >= 15 is 0 Å². The maximum absolute atomic E-state index is 12.0. The Morgan fingerprint density at radius 2 is 1.21 bits per heavy atom. The van der Waals surface area contributed by atoms with E-state index in [9.17, 15) is 9.59 Å². The van der Waals surface area contributed by atoms with Gasteiger partial charge in [-0.15, -0.1) is 0 Å². The van der Waals surface area contributed by atoms with E-state index in [1.54, 1.807) is 13.8 Å². The Bertz CT molecular complexity index is 269. The van der Waals surface area contributed by atoms with E-state index in [2.05, 4.69) is 0 Å². The van der Waals surface area contributed by atoms with Gasteiger partial charge in [0.25, 0.3) is 0 Å². The number of carbonyl (C=O) groups excluding carboxylic acids is 2. The largest absolute Gasteiger partial charge is 0.462 e. The molecule has 0 fully saturated rings. The van der Waals surface area contributed by atoms with Gasteiger partial charge in [0.15, 0.2) is 5.41 Å². The van der Waals surface area contributed by atoms with E-state index in [0.29, 0.717) is 0 Å². The summed E-state index contributed by atoms with van der Waals surface area (Å²) in [5.74, 6) is -1.02. The summed E-state index contributed by atoms with van der Waals surface area (Å²) < 4.78 is 10.6. The fourth-order valence-electron chi connectivity index (χ4n) is 1.67. The van der Waals surface area contributed by atoms with Crippen molar-refractivity contribution in [2.75, 3.05) is 0 Å².